The lowest BCUT2D eigenvalue weighted by atomic mass is 10.1. The SMILES string of the molecule is Cc1ccc(OCc2nc(CC(=O)NCc3ccccc3C)cs2)cc1. The Balaban J connectivity index is 1.47. The Bertz CT molecular complexity index is 872. The number of aryl methyl sites for hydroxylation is 2. The van der Waals surface area contributed by atoms with Gasteiger partial charge in [0, 0.05) is 11.9 Å². The van der Waals surface area contributed by atoms with Gasteiger partial charge in [0.2, 0.25) is 5.91 Å². The highest BCUT2D eigenvalue weighted by atomic mass is 32.1. The van der Waals surface area contributed by atoms with Crippen LogP contribution in [0.4, 0.5) is 0 Å². The van der Waals surface area contributed by atoms with Gasteiger partial charge < -0.3 is 10.1 Å². The van der Waals surface area contributed by atoms with E-state index in [0.29, 0.717) is 13.2 Å². The first-order valence-electron chi connectivity index (χ1n) is 8.54. The number of amides is 1. The van der Waals surface area contributed by atoms with E-state index in [0.717, 1.165) is 22.0 Å². The van der Waals surface area contributed by atoms with Crippen molar-refractivity contribution in [3.63, 3.8) is 0 Å². The molecule has 4 nitrogen and oxygen atoms in total. The van der Waals surface area contributed by atoms with E-state index < -0.39 is 0 Å². The first kappa shape index (κ1) is 18.1. The summed E-state index contributed by atoms with van der Waals surface area (Å²) in [5, 5.41) is 5.74. The molecule has 0 saturated heterocycles. The highest BCUT2D eigenvalue weighted by Crippen LogP contribution is 2.16. The van der Waals surface area contributed by atoms with Crippen molar-refractivity contribution < 1.29 is 9.53 Å². The van der Waals surface area contributed by atoms with Gasteiger partial charge in [-0.2, -0.15) is 0 Å². The smallest absolute Gasteiger partial charge is 0.226 e. The third-order valence-electron chi connectivity index (χ3n) is 4.06. The van der Waals surface area contributed by atoms with Gasteiger partial charge in [0.25, 0.3) is 0 Å². The summed E-state index contributed by atoms with van der Waals surface area (Å²) in [6.45, 7) is 5.04. The topological polar surface area (TPSA) is 51.2 Å². The zero-order chi connectivity index (χ0) is 18.4. The number of aromatic nitrogens is 1. The van der Waals surface area contributed by atoms with E-state index in [4.69, 9.17) is 4.74 Å². The maximum atomic E-state index is 12.1. The molecule has 5 heteroatoms. The summed E-state index contributed by atoms with van der Waals surface area (Å²) in [4.78, 5) is 16.6. The van der Waals surface area contributed by atoms with E-state index >= 15 is 0 Å². The van der Waals surface area contributed by atoms with E-state index in [9.17, 15) is 4.79 Å². The van der Waals surface area contributed by atoms with Crippen LogP contribution in [0.25, 0.3) is 0 Å². The summed E-state index contributed by atoms with van der Waals surface area (Å²) in [5.74, 6) is 0.799. The molecule has 3 rings (SSSR count). The number of nitrogens with zero attached hydrogens (tertiary/aromatic N) is 1. The lowest BCUT2D eigenvalue weighted by Crippen LogP contribution is -2.25. The minimum Gasteiger partial charge on any atom is -0.486 e. The fraction of sp³-hybridized carbons (Fsp3) is 0.238. The average Bonchev–Trinajstić information content (AvgIpc) is 3.08. The lowest BCUT2D eigenvalue weighted by molar-refractivity contribution is -0.120. The number of ether oxygens (including phenoxy) is 1. The molecule has 1 aromatic heterocycles. The second-order valence-corrected chi connectivity index (χ2v) is 7.16. The van der Waals surface area contributed by atoms with Crippen molar-refractivity contribution in [1.29, 1.82) is 0 Å². The number of carbonyl (C=O) groups is 1. The average molecular weight is 366 g/mol. The van der Waals surface area contributed by atoms with Crippen molar-refractivity contribution in [3.8, 4) is 5.75 Å². The summed E-state index contributed by atoms with van der Waals surface area (Å²) >= 11 is 1.51. The predicted molar refractivity (Wildman–Crippen MR) is 104 cm³/mol. The fourth-order valence-electron chi connectivity index (χ4n) is 2.51. The number of thiazole rings is 1. The predicted octanol–water partition coefficient (Wildman–Crippen LogP) is 4.20. The number of nitrogens with one attached hydrogen (secondary N) is 1. The lowest BCUT2D eigenvalue weighted by Gasteiger charge is -2.07. The molecule has 1 heterocycles. The molecule has 2 aromatic carbocycles. The van der Waals surface area contributed by atoms with Crippen LogP contribution in [0.15, 0.2) is 53.9 Å². The van der Waals surface area contributed by atoms with E-state index in [-0.39, 0.29) is 12.3 Å². The summed E-state index contributed by atoms with van der Waals surface area (Å²) in [5.41, 5.74) is 4.29. The Labute approximate surface area is 157 Å². The van der Waals surface area contributed by atoms with Gasteiger partial charge in [-0.05, 0) is 37.1 Å². The van der Waals surface area contributed by atoms with Gasteiger partial charge in [0.05, 0.1) is 12.1 Å². The number of hydrogen-bond donors (Lipinski definition) is 1. The van der Waals surface area contributed by atoms with Crippen LogP contribution in [-0.4, -0.2) is 10.9 Å². The Morgan fingerprint density at radius 1 is 1.12 bits per heavy atom. The summed E-state index contributed by atoms with van der Waals surface area (Å²) < 4.78 is 5.73. The molecular weight excluding hydrogens is 344 g/mol. The van der Waals surface area contributed by atoms with Gasteiger partial charge >= 0.3 is 0 Å². The third kappa shape index (κ3) is 5.17. The summed E-state index contributed by atoms with van der Waals surface area (Å²) in [6, 6.07) is 16.0. The zero-order valence-corrected chi connectivity index (χ0v) is 15.8. The van der Waals surface area contributed by atoms with Crippen LogP contribution < -0.4 is 10.1 Å². The van der Waals surface area contributed by atoms with Crippen molar-refractivity contribution in [1.82, 2.24) is 10.3 Å². The highest BCUT2D eigenvalue weighted by Gasteiger charge is 2.09. The van der Waals surface area contributed by atoms with Gasteiger partial charge in [0.15, 0.2) is 0 Å². The number of rotatable bonds is 7. The van der Waals surface area contributed by atoms with E-state index in [1.807, 2.05) is 67.8 Å². The molecular formula is C21H22N2O2S. The summed E-state index contributed by atoms with van der Waals surface area (Å²) in [7, 11) is 0. The second-order valence-electron chi connectivity index (χ2n) is 6.21. The quantitative estimate of drug-likeness (QED) is 0.682. The molecule has 0 atom stereocenters. The maximum absolute atomic E-state index is 12.1. The van der Waals surface area contributed by atoms with Crippen LogP contribution in [0.3, 0.4) is 0 Å². The summed E-state index contributed by atoms with van der Waals surface area (Å²) in [6.07, 6.45) is 0.285. The van der Waals surface area contributed by atoms with Crippen molar-refractivity contribution >= 4 is 17.2 Å². The molecule has 3 aromatic rings. The van der Waals surface area contributed by atoms with Crippen LogP contribution in [0.2, 0.25) is 0 Å². The largest absolute Gasteiger partial charge is 0.486 e. The molecule has 0 bridgehead atoms. The molecule has 0 radical (unpaired) electrons. The number of benzene rings is 2. The van der Waals surface area contributed by atoms with Gasteiger partial charge in [-0.1, -0.05) is 42.0 Å². The van der Waals surface area contributed by atoms with Crippen LogP contribution >= 0.6 is 11.3 Å². The van der Waals surface area contributed by atoms with Gasteiger partial charge in [-0.25, -0.2) is 4.98 Å². The number of carbonyl (C=O) groups excluding carboxylic acids is 1. The van der Waals surface area contributed by atoms with E-state index in [2.05, 4.69) is 10.3 Å². The normalized spacial score (nSPS) is 10.5. The van der Waals surface area contributed by atoms with Crippen molar-refractivity contribution in [3.05, 3.63) is 81.3 Å². The Morgan fingerprint density at radius 3 is 2.65 bits per heavy atom. The van der Waals surface area contributed by atoms with Crippen LogP contribution in [0.1, 0.15) is 27.4 Å². The Kier molecular flexibility index (Phi) is 6.02. The van der Waals surface area contributed by atoms with E-state index in [1.54, 1.807) is 0 Å². The minimum absolute atomic E-state index is 0.0236. The molecule has 0 spiro atoms. The van der Waals surface area contributed by atoms with Crippen LogP contribution in [0.5, 0.6) is 5.75 Å². The fourth-order valence-corrected chi connectivity index (χ4v) is 3.21. The monoisotopic (exact) mass is 366 g/mol. The van der Waals surface area contributed by atoms with Gasteiger partial charge in [0.1, 0.15) is 17.4 Å². The molecule has 0 saturated carbocycles. The Morgan fingerprint density at radius 2 is 1.88 bits per heavy atom. The standard InChI is InChI=1S/C21H22N2O2S/c1-15-7-9-19(10-8-15)25-13-21-23-18(14-26-21)11-20(24)22-12-17-6-4-3-5-16(17)2/h3-10,14H,11-13H2,1-2H3,(H,22,24). The molecule has 0 aliphatic heterocycles. The van der Waals surface area contributed by atoms with Gasteiger partial charge in [-0.3, -0.25) is 4.79 Å². The van der Waals surface area contributed by atoms with Crippen LogP contribution in [-0.2, 0) is 24.4 Å². The molecule has 1 N–H and O–H groups in total. The van der Waals surface area contributed by atoms with Gasteiger partial charge in [-0.15, -0.1) is 11.3 Å². The van der Waals surface area contributed by atoms with Crippen molar-refractivity contribution in [2.24, 2.45) is 0 Å². The van der Waals surface area contributed by atoms with Crippen molar-refractivity contribution in [2.45, 2.75) is 33.4 Å². The minimum atomic E-state index is -0.0236. The number of hydrogen-bond acceptors (Lipinski definition) is 4. The molecule has 0 aliphatic carbocycles. The zero-order valence-electron chi connectivity index (χ0n) is 15.0. The van der Waals surface area contributed by atoms with Crippen molar-refractivity contribution in [2.75, 3.05) is 0 Å². The highest BCUT2D eigenvalue weighted by molar-refractivity contribution is 7.09. The molecule has 0 unspecified atom stereocenters. The molecule has 0 aliphatic rings. The molecule has 0 fully saturated rings. The van der Waals surface area contributed by atoms with E-state index in [1.165, 1.54) is 22.5 Å². The first-order chi connectivity index (χ1) is 12.6. The first-order valence-corrected chi connectivity index (χ1v) is 9.42. The molecule has 26 heavy (non-hydrogen) atoms. The third-order valence-corrected chi connectivity index (χ3v) is 4.93. The molecule has 1 amide bonds. The Hall–Kier alpha value is -2.66. The molecule has 134 valence electrons. The second kappa shape index (κ2) is 8.63. The maximum Gasteiger partial charge on any atom is 0.226 e. The van der Waals surface area contributed by atoms with Crippen LogP contribution in [0, 0.1) is 13.8 Å².